The summed E-state index contributed by atoms with van der Waals surface area (Å²) in [5, 5.41) is 79.4. The molecule has 20 atom stereocenters. The third-order valence-electron chi connectivity index (χ3n) is 19.4. The first kappa shape index (κ1) is 114. The van der Waals surface area contributed by atoms with Gasteiger partial charge in [0.15, 0.2) is 0 Å². The molecule has 1 heterocycles. The summed E-state index contributed by atoms with van der Waals surface area (Å²) in [5.41, 5.74) is 32.0. The van der Waals surface area contributed by atoms with Crippen molar-refractivity contribution in [3.8, 4) is 0 Å². The van der Waals surface area contributed by atoms with E-state index in [4.69, 9.17) is 34.4 Å². The van der Waals surface area contributed by atoms with Gasteiger partial charge in [0.25, 0.3) is 0 Å². The summed E-state index contributed by atoms with van der Waals surface area (Å²) in [4.78, 5) is 341. The number of nitrogens with zero attached hydrogens (tertiary/aromatic N) is 1. The number of hydrogen-bond donors (Lipinski definition) is 28. The van der Waals surface area contributed by atoms with Gasteiger partial charge in [-0.15, -0.1) is 0 Å². The molecule has 1 rings (SSSR count). The van der Waals surface area contributed by atoms with Crippen molar-refractivity contribution < 1.29 is 145 Å². The topological polar surface area (TPSA) is 901 Å². The van der Waals surface area contributed by atoms with Crippen LogP contribution in [0.25, 0.3) is 0 Å². The molecule has 130 heavy (non-hydrogen) atoms. The second-order valence-electron chi connectivity index (χ2n) is 30.3. The van der Waals surface area contributed by atoms with Crippen LogP contribution in [0.15, 0.2) is 0 Å². The molecule has 1 aliphatic rings. The van der Waals surface area contributed by atoms with Gasteiger partial charge in [0.1, 0.15) is 115 Å². The van der Waals surface area contributed by atoms with Gasteiger partial charge in [-0.2, -0.15) is 11.8 Å². The van der Waals surface area contributed by atoms with Crippen LogP contribution in [0.5, 0.6) is 0 Å². The van der Waals surface area contributed by atoms with Gasteiger partial charge in [0.2, 0.25) is 142 Å². The van der Waals surface area contributed by atoms with Crippen LogP contribution < -0.4 is 130 Å². The molecule has 1 fully saturated rings. The molecule has 0 aliphatic carbocycles. The minimum atomic E-state index is -2.04. The molecule has 0 saturated carbocycles. The Morgan fingerprint density at radius 2 is 0.631 bits per heavy atom. The number of nitrogens with one attached hydrogen (secondary N) is 18. The Bertz CT molecular complexity index is 4160. The molecule has 0 aromatic rings. The summed E-state index contributed by atoms with van der Waals surface area (Å²) in [6, 6.07) is -31.2. The highest BCUT2D eigenvalue weighted by Crippen LogP contribution is 2.20. The number of primary amides is 5. The number of hydrogen-bond acceptors (Lipinski definition) is 30. The maximum Gasteiger partial charge on any atom is 0.328 e. The standard InChI is InChI=1S/C74H121N25O30S/c1-12-29(2)55(72(126)92-39(16-18-49(77)103)64(118)91-40(19-21-130-11)66(120)95-43(24-52(80)106)69(123)90-38(15-17-48(76)102)65(119)96-45(27-100)73(127)99-20-13-14-47(99)71(125)97-46(28-101)74(128)129)98-70(124)44(25-54(108)109)94-63(117)37(10)86-59(113)33(6)82-57(111)31(4)84-61(115)35(8)88-68(122)42(23-51(79)105)93-62(116)36(9)85-58(112)32(5)81-56(110)30(3)83-60(114)34(7)87-67(121)41(22-50(78)104)89-53(107)26-75/h29-47,55,100-101H,12-28,75H2,1-11H3,(H2,76,102)(H2,77,103)(H2,78,104)(H2,79,105)(H2,80,106)(H,81,110)(H,82,111)(H,83,114)(H,84,115)(H,85,112)(H,86,113)(H,87,121)(H,88,122)(H,89,107)(H,90,123)(H,91,118)(H,92,126)(H,93,116)(H,94,117)(H,95,120)(H,96,119)(H,97,125)(H,98,124)(H,108,109)(H,128,129)/t29-,30-,31-,32-,33-,34-,35-,36-,37-,38-,39-,40-,41-,42-,43-,44-,45-,46-,47-,55-/m0/s1. The molecule has 56 heteroatoms. The molecule has 728 valence electrons. The number of carbonyl (C=O) groups is 26. The lowest BCUT2D eigenvalue weighted by molar-refractivity contribution is -0.146. The van der Waals surface area contributed by atoms with Crippen molar-refractivity contribution in [1.29, 1.82) is 0 Å². The second kappa shape index (κ2) is 56.6. The number of likely N-dealkylation sites (tertiary alicyclic amines) is 1. The van der Waals surface area contributed by atoms with Gasteiger partial charge >= 0.3 is 11.9 Å². The summed E-state index contributed by atoms with van der Waals surface area (Å²) in [5.74, 6) is -30.4. The molecule has 1 saturated heterocycles. The van der Waals surface area contributed by atoms with Crippen molar-refractivity contribution in [2.45, 2.75) is 261 Å². The lowest BCUT2D eigenvalue weighted by Gasteiger charge is -2.30. The monoisotopic (exact) mass is 1870 g/mol. The van der Waals surface area contributed by atoms with Crippen LogP contribution in [-0.4, -0.2) is 332 Å². The van der Waals surface area contributed by atoms with Gasteiger partial charge in [0.05, 0.1) is 45.4 Å². The average molecular weight is 1870 g/mol. The third kappa shape index (κ3) is 40.6. The fraction of sp³-hybridized carbons (Fsp3) is 0.649. The maximum absolute atomic E-state index is 14.4. The van der Waals surface area contributed by atoms with E-state index in [9.17, 15) is 145 Å². The lowest BCUT2D eigenvalue weighted by Crippen LogP contribution is -2.61. The Kier molecular flexibility index (Phi) is 49.8. The van der Waals surface area contributed by atoms with E-state index >= 15 is 0 Å². The molecule has 1 aliphatic heterocycles. The van der Waals surface area contributed by atoms with Crippen LogP contribution in [0.3, 0.4) is 0 Å². The fourth-order valence-electron chi connectivity index (χ4n) is 11.7. The number of aliphatic hydroxyl groups excluding tert-OH is 2. The van der Waals surface area contributed by atoms with E-state index in [0.717, 1.165) is 51.3 Å². The Morgan fingerprint density at radius 1 is 0.346 bits per heavy atom. The van der Waals surface area contributed by atoms with Crippen molar-refractivity contribution in [1.82, 2.24) is 101 Å². The van der Waals surface area contributed by atoms with Gasteiger partial charge in [-0.3, -0.25) is 120 Å². The molecular weight excluding hydrogens is 1750 g/mol. The summed E-state index contributed by atoms with van der Waals surface area (Å²) in [7, 11) is 0. The third-order valence-corrected chi connectivity index (χ3v) is 20.1. The lowest BCUT2D eigenvalue weighted by atomic mass is 9.96. The van der Waals surface area contributed by atoms with Gasteiger partial charge in [0, 0.05) is 19.4 Å². The number of rotatable bonds is 59. The smallest absolute Gasteiger partial charge is 0.328 e. The Labute approximate surface area is 748 Å². The van der Waals surface area contributed by atoms with Crippen LogP contribution in [-0.2, 0) is 125 Å². The molecule has 34 N–H and O–H groups in total. The Morgan fingerprint density at radius 3 is 0.946 bits per heavy atom. The highest BCUT2D eigenvalue weighted by atomic mass is 32.2. The van der Waals surface area contributed by atoms with E-state index in [1.54, 1.807) is 13.2 Å². The summed E-state index contributed by atoms with van der Waals surface area (Å²) in [6.45, 7) is 9.39. The highest BCUT2D eigenvalue weighted by molar-refractivity contribution is 7.98. The highest BCUT2D eigenvalue weighted by Gasteiger charge is 2.43. The van der Waals surface area contributed by atoms with E-state index in [1.807, 2.05) is 0 Å². The van der Waals surface area contributed by atoms with E-state index in [1.165, 1.54) is 27.7 Å². The number of thioether (sulfide) groups is 1. The zero-order valence-electron chi connectivity index (χ0n) is 73.3. The maximum atomic E-state index is 14.4. The molecule has 0 bridgehead atoms. The molecular formula is C74H121N25O30S. The molecule has 0 aromatic carbocycles. The fourth-order valence-corrected chi connectivity index (χ4v) is 12.2. The number of carboxylic acid groups (broad SMARTS) is 2. The largest absolute Gasteiger partial charge is 0.481 e. The minimum absolute atomic E-state index is 0.00869. The quantitative estimate of drug-likeness (QED) is 0.0269. The van der Waals surface area contributed by atoms with E-state index in [0.29, 0.717) is 0 Å². The predicted octanol–water partition coefficient (Wildman–Crippen LogP) is -15.7. The summed E-state index contributed by atoms with van der Waals surface area (Å²) < 4.78 is 0. The number of amides is 24. The van der Waals surface area contributed by atoms with Gasteiger partial charge in [-0.25, -0.2) is 4.79 Å². The molecule has 55 nitrogen and oxygen atoms in total. The van der Waals surface area contributed by atoms with E-state index < -0.39 is 346 Å². The van der Waals surface area contributed by atoms with Crippen molar-refractivity contribution in [2.75, 3.05) is 38.3 Å². The zero-order chi connectivity index (χ0) is 99.6. The van der Waals surface area contributed by atoms with Crippen LogP contribution in [0.1, 0.15) is 146 Å². The summed E-state index contributed by atoms with van der Waals surface area (Å²) in [6.07, 6.45) is -4.61. The number of aliphatic carboxylic acids is 2. The Balaban J connectivity index is 3.24. The second-order valence-corrected chi connectivity index (χ2v) is 31.3. The Hall–Kier alpha value is -13.5. The molecule has 0 aromatic heterocycles. The molecule has 0 radical (unpaired) electrons. The van der Waals surface area contributed by atoms with E-state index in [-0.39, 0.29) is 38.0 Å². The first-order valence-corrected chi connectivity index (χ1v) is 42.0. The van der Waals surface area contributed by atoms with Crippen molar-refractivity contribution >= 4 is 165 Å². The van der Waals surface area contributed by atoms with Crippen LogP contribution in [0.4, 0.5) is 0 Å². The van der Waals surface area contributed by atoms with Gasteiger partial charge in [-0.05, 0) is 105 Å². The van der Waals surface area contributed by atoms with Crippen LogP contribution in [0.2, 0.25) is 0 Å². The van der Waals surface area contributed by atoms with Crippen molar-refractivity contribution in [2.24, 2.45) is 40.3 Å². The molecule has 0 spiro atoms. The number of carboxylic acids is 2. The van der Waals surface area contributed by atoms with Gasteiger partial charge in [-0.1, -0.05) is 20.3 Å². The predicted molar refractivity (Wildman–Crippen MR) is 449 cm³/mol. The molecule has 24 amide bonds. The van der Waals surface area contributed by atoms with Crippen LogP contribution in [0, 0.1) is 5.92 Å². The molecule has 0 unspecified atom stereocenters. The SMILES string of the molecule is CC[C@H](C)[C@H](NC(=O)[C@H](CC(=O)O)NC(=O)[C@H](C)NC(=O)[C@H](C)NC(=O)[C@H](C)NC(=O)[C@H](C)NC(=O)[C@H](CC(N)=O)NC(=O)[C@H](C)NC(=O)[C@H](C)NC(=O)[C@H](C)NC(=O)[C@H](C)NC(=O)[C@H](CC(N)=O)NC(=O)CN)C(=O)N[C@@H](CCC(N)=O)C(=O)N[C@@H](CCSC)C(=O)N[C@@H](CC(N)=O)C(=O)N[C@@H](CCC(N)=O)C(=O)N[C@@H](CO)C(=O)N1CCC[C@H]1C(=O)N[C@@H](CO)C(=O)O. The minimum Gasteiger partial charge on any atom is -0.481 e. The zero-order valence-corrected chi connectivity index (χ0v) is 74.1. The summed E-state index contributed by atoms with van der Waals surface area (Å²) >= 11 is 1.14. The first-order valence-electron chi connectivity index (χ1n) is 40.6. The number of aliphatic hydroxyl groups is 2. The van der Waals surface area contributed by atoms with Crippen molar-refractivity contribution in [3.05, 3.63) is 0 Å². The number of nitrogens with two attached hydrogens (primary N) is 6. The van der Waals surface area contributed by atoms with Gasteiger partial charge < -0.3 is 155 Å². The van der Waals surface area contributed by atoms with E-state index in [2.05, 4.69) is 95.7 Å². The number of carbonyl (C=O) groups excluding carboxylic acids is 24. The normalized spacial score (nSPS) is 16.5. The first-order chi connectivity index (χ1) is 60.6. The van der Waals surface area contributed by atoms with Crippen molar-refractivity contribution in [3.63, 3.8) is 0 Å². The average Bonchev–Trinajstić information content (AvgIpc) is 1.65. The van der Waals surface area contributed by atoms with Crippen LogP contribution >= 0.6 is 11.8 Å².